The molecule has 1 amide bonds. The van der Waals surface area contributed by atoms with E-state index in [0.717, 1.165) is 5.56 Å². The smallest absolute Gasteiger partial charge is 0.344 e. The van der Waals surface area contributed by atoms with Crippen molar-refractivity contribution in [2.24, 2.45) is 0 Å². The predicted octanol–water partition coefficient (Wildman–Crippen LogP) is 4.44. The van der Waals surface area contributed by atoms with Gasteiger partial charge in [-0.05, 0) is 48.9 Å². The summed E-state index contributed by atoms with van der Waals surface area (Å²) in [5, 5.41) is 3.13. The zero-order chi connectivity index (χ0) is 22.2. The Morgan fingerprint density at radius 1 is 0.871 bits per heavy atom. The molecule has 0 spiro atoms. The van der Waals surface area contributed by atoms with Gasteiger partial charge in [-0.1, -0.05) is 48.0 Å². The van der Waals surface area contributed by atoms with E-state index in [2.05, 4.69) is 5.32 Å². The highest BCUT2D eigenvalue weighted by Gasteiger charge is 2.12. The van der Waals surface area contributed by atoms with Crippen LogP contribution in [-0.2, 0) is 14.3 Å². The molecule has 6 nitrogen and oxygen atoms in total. The van der Waals surface area contributed by atoms with Crippen molar-refractivity contribution in [1.29, 1.82) is 0 Å². The number of anilines is 1. The molecule has 158 valence electrons. The third-order valence-corrected chi connectivity index (χ3v) is 4.58. The molecule has 0 saturated heterocycles. The zero-order valence-corrected chi connectivity index (χ0v) is 17.5. The zero-order valence-electron chi connectivity index (χ0n) is 16.8. The summed E-state index contributed by atoms with van der Waals surface area (Å²) < 4.78 is 10.3. The van der Waals surface area contributed by atoms with E-state index in [9.17, 15) is 14.4 Å². The van der Waals surface area contributed by atoms with Gasteiger partial charge in [0, 0.05) is 21.8 Å². The average molecular weight is 438 g/mol. The Morgan fingerprint density at radius 2 is 1.55 bits per heavy atom. The normalized spacial score (nSPS) is 10.3. The number of hydrogen-bond donors (Lipinski definition) is 1. The van der Waals surface area contributed by atoms with Crippen LogP contribution in [-0.4, -0.2) is 30.9 Å². The Morgan fingerprint density at radius 3 is 2.26 bits per heavy atom. The van der Waals surface area contributed by atoms with Crippen LogP contribution in [0.1, 0.15) is 21.5 Å². The van der Waals surface area contributed by atoms with Gasteiger partial charge in [-0.15, -0.1) is 0 Å². The van der Waals surface area contributed by atoms with Crippen LogP contribution in [0.3, 0.4) is 0 Å². The van der Waals surface area contributed by atoms with Gasteiger partial charge in [0.05, 0.1) is 0 Å². The Balaban J connectivity index is 1.44. The molecule has 0 aliphatic carbocycles. The van der Waals surface area contributed by atoms with Crippen LogP contribution in [0.25, 0.3) is 0 Å². The molecule has 3 rings (SSSR count). The van der Waals surface area contributed by atoms with Crippen LogP contribution < -0.4 is 10.1 Å². The lowest BCUT2D eigenvalue weighted by Crippen LogP contribution is -2.24. The van der Waals surface area contributed by atoms with Crippen molar-refractivity contribution in [2.75, 3.05) is 18.5 Å². The van der Waals surface area contributed by atoms with Gasteiger partial charge < -0.3 is 14.8 Å². The standard InChI is InChI=1S/C24H20ClNO5/c1-16-7-10-19(25)13-21(16)26-22(27)14-31-23(28)15-30-20-11-8-18(9-12-20)24(29)17-5-3-2-4-6-17/h2-13H,14-15H2,1H3,(H,26,27). The number of carbonyl (C=O) groups is 3. The van der Waals surface area contributed by atoms with E-state index in [1.165, 1.54) is 0 Å². The van der Waals surface area contributed by atoms with E-state index < -0.39 is 18.5 Å². The molecular weight excluding hydrogens is 418 g/mol. The molecule has 31 heavy (non-hydrogen) atoms. The van der Waals surface area contributed by atoms with Crippen LogP contribution in [0.5, 0.6) is 5.75 Å². The first-order valence-electron chi connectivity index (χ1n) is 9.46. The van der Waals surface area contributed by atoms with Crippen LogP contribution in [0.2, 0.25) is 5.02 Å². The molecule has 0 heterocycles. The van der Waals surface area contributed by atoms with E-state index in [0.29, 0.717) is 27.6 Å². The minimum absolute atomic E-state index is 0.104. The molecule has 0 aromatic heterocycles. The van der Waals surface area contributed by atoms with Gasteiger partial charge in [-0.25, -0.2) is 4.79 Å². The molecule has 7 heteroatoms. The molecule has 0 radical (unpaired) electrons. The SMILES string of the molecule is Cc1ccc(Cl)cc1NC(=O)COC(=O)COc1ccc(C(=O)c2ccccc2)cc1. The number of halogens is 1. The summed E-state index contributed by atoms with van der Waals surface area (Å²) in [7, 11) is 0. The Kier molecular flexibility index (Phi) is 7.40. The number of carbonyl (C=O) groups excluding carboxylic acids is 3. The van der Waals surface area contributed by atoms with Gasteiger partial charge in [-0.2, -0.15) is 0 Å². The number of benzene rings is 3. The first kappa shape index (κ1) is 22.1. The largest absolute Gasteiger partial charge is 0.482 e. The summed E-state index contributed by atoms with van der Waals surface area (Å²) in [6.07, 6.45) is 0. The van der Waals surface area contributed by atoms with E-state index in [-0.39, 0.29) is 12.4 Å². The Bertz CT molecular complexity index is 1080. The molecular formula is C24H20ClNO5. The number of ketones is 1. The van der Waals surface area contributed by atoms with E-state index in [1.54, 1.807) is 66.7 Å². The van der Waals surface area contributed by atoms with E-state index >= 15 is 0 Å². The fourth-order valence-corrected chi connectivity index (χ4v) is 2.88. The van der Waals surface area contributed by atoms with E-state index in [1.807, 2.05) is 13.0 Å². The molecule has 0 saturated carbocycles. The summed E-state index contributed by atoms with van der Waals surface area (Å²) in [5.74, 6) is -0.877. The van der Waals surface area contributed by atoms with Gasteiger partial charge in [0.15, 0.2) is 19.0 Å². The maximum absolute atomic E-state index is 12.4. The van der Waals surface area contributed by atoms with Gasteiger partial charge >= 0.3 is 5.97 Å². The Hall–Kier alpha value is -3.64. The van der Waals surface area contributed by atoms with Crippen LogP contribution in [0.4, 0.5) is 5.69 Å². The topological polar surface area (TPSA) is 81.7 Å². The highest BCUT2D eigenvalue weighted by atomic mass is 35.5. The second-order valence-electron chi connectivity index (χ2n) is 6.68. The second-order valence-corrected chi connectivity index (χ2v) is 7.11. The van der Waals surface area contributed by atoms with E-state index in [4.69, 9.17) is 21.1 Å². The number of ether oxygens (including phenoxy) is 2. The average Bonchev–Trinajstić information content (AvgIpc) is 2.79. The predicted molar refractivity (Wildman–Crippen MR) is 118 cm³/mol. The summed E-state index contributed by atoms with van der Waals surface area (Å²) in [4.78, 5) is 36.2. The summed E-state index contributed by atoms with van der Waals surface area (Å²) in [6, 6.07) is 20.5. The van der Waals surface area contributed by atoms with Crippen LogP contribution >= 0.6 is 11.6 Å². The first-order chi connectivity index (χ1) is 14.9. The quantitative estimate of drug-likeness (QED) is 0.416. The van der Waals surface area contributed by atoms with Crippen molar-refractivity contribution < 1.29 is 23.9 Å². The number of amides is 1. The Labute approximate surface area is 184 Å². The van der Waals surface area contributed by atoms with Crippen molar-refractivity contribution in [2.45, 2.75) is 6.92 Å². The number of rotatable bonds is 8. The molecule has 0 bridgehead atoms. The van der Waals surface area contributed by atoms with Crippen molar-refractivity contribution in [3.63, 3.8) is 0 Å². The number of hydrogen-bond acceptors (Lipinski definition) is 5. The molecule has 1 N–H and O–H groups in total. The molecule has 0 unspecified atom stereocenters. The maximum atomic E-state index is 12.4. The molecule has 3 aromatic rings. The van der Waals surface area contributed by atoms with Crippen molar-refractivity contribution in [1.82, 2.24) is 0 Å². The third-order valence-electron chi connectivity index (χ3n) is 4.35. The molecule has 3 aromatic carbocycles. The monoisotopic (exact) mass is 437 g/mol. The van der Waals surface area contributed by atoms with Crippen molar-refractivity contribution in [3.05, 3.63) is 94.5 Å². The fourth-order valence-electron chi connectivity index (χ4n) is 2.70. The number of aryl methyl sites for hydroxylation is 1. The van der Waals surface area contributed by atoms with Gasteiger partial charge in [0.1, 0.15) is 5.75 Å². The number of esters is 1. The molecule has 0 aliphatic rings. The van der Waals surface area contributed by atoms with Gasteiger partial charge in [-0.3, -0.25) is 9.59 Å². The molecule has 0 aliphatic heterocycles. The third kappa shape index (κ3) is 6.42. The second kappa shape index (κ2) is 10.4. The number of nitrogens with one attached hydrogen (secondary N) is 1. The minimum Gasteiger partial charge on any atom is -0.482 e. The van der Waals surface area contributed by atoms with Crippen molar-refractivity contribution in [3.8, 4) is 5.75 Å². The molecule has 0 fully saturated rings. The highest BCUT2D eigenvalue weighted by Crippen LogP contribution is 2.20. The summed E-state index contributed by atoms with van der Waals surface area (Å²) in [6.45, 7) is 1.01. The minimum atomic E-state index is -0.692. The fraction of sp³-hybridized carbons (Fsp3) is 0.125. The summed E-state index contributed by atoms with van der Waals surface area (Å²) in [5.41, 5.74) is 2.48. The van der Waals surface area contributed by atoms with Crippen LogP contribution in [0.15, 0.2) is 72.8 Å². The van der Waals surface area contributed by atoms with Crippen LogP contribution in [0, 0.1) is 6.92 Å². The highest BCUT2D eigenvalue weighted by molar-refractivity contribution is 6.31. The van der Waals surface area contributed by atoms with Gasteiger partial charge in [0.25, 0.3) is 5.91 Å². The maximum Gasteiger partial charge on any atom is 0.344 e. The first-order valence-corrected chi connectivity index (χ1v) is 9.84. The van der Waals surface area contributed by atoms with Crippen molar-refractivity contribution >= 4 is 34.9 Å². The lowest BCUT2D eigenvalue weighted by Gasteiger charge is -2.10. The summed E-state index contributed by atoms with van der Waals surface area (Å²) >= 11 is 5.91. The lowest BCUT2D eigenvalue weighted by atomic mass is 10.0. The van der Waals surface area contributed by atoms with Gasteiger partial charge in [0.2, 0.25) is 0 Å². The lowest BCUT2D eigenvalue weighted by molar-refractivity contribution is -0.149. The molecule has 0 atom stereocenters.